The second kappa shape index (κ2) is 4.43. The fourth-order valence-corrected chi connectivity index (χ4v) is 2.27. The Bertz CT molecular complexity index is 142. The molecule has 0 aromatic heterocycles. The summed E-state index contributed by atoms with van der Waals surface area (Å²) in [6.45, 7) is 9.42. The molecule has 0 amide bonds. The molecule has 13 heavy (non-hydrogen) atoms. The molecule has 78 valence electrons. The molecule has 1 saturated heterocycles. The van der Waals surface area contributed by atoms with Gasteiger partial charge in [-0.3, -0.25) is 4.90 Å². The molecule has 1 N–H and O–H groups in total. The van der Waals surface area contributed by atoms with Gasteiger partial charge in [-0.25, -0.2) is 0 Å². The molecule has 0 spiro atoms. The van der Waals surface area contributed by atoms with Gasteiger partial charge in [-0.05, 0) is 24.7 Å². The molecule has 1 aliphatic heterocycles. The van der Waals surface area contributed by atoms with Gasteiger partial charge in [0.1, 0.15) is 0 Å². The lowest BCUT2D eigenvalue weighted by atomic mass is 9.74. The van der Waals surface area contributed by atoms with E-state index in [4.69, 9.17) is 5.11 Å². The molecular formula is C11H23NO. The Morgan fingerprint density at radius 2 is 1.77 bits per heavy atom. The van der Waals surface area contributed by atoms with E-state index in [-0.39, 0.29) is 0 Å². The Hall–Kier alpha value is -0.0800. The highest BCUT2D eigenvalue weighted by Gasteiger charge is 2.41. The predicted octanol–water partition coefficient (Wildman–Crippen LogP) is 1.88. The Balaban J connectivity index is 2.38. The molecule has 0 aliphatic carbocycles. The van der Waals surface area contributed by atoms with E-state index in [0.717, 1.165) is 6.42 Å². The zero-order valence-corrected chi connectivity index (χ0v) is 9.21. The molecule has 0 bridgehead atoms. The number of hydrogen-bond acceptors (Lipinski definition) is 2. The molecule has 1 aliphatic rings. The van der Waals surface area contributed by atoms with Gasteiger partial charge in [0, 0.05) is 19.1 Å². The number of nitrogens with zero attached hydrogens (tertiary/aromatic N) is 1. The molecule has 0 saturated carbocycles. The van der Waals surface area contributed by atoms with Crippen LogP contribution in [-0.4, -0.2) is 35.7 Å². The van der Waals surface area contributed by atoms with Gasteiger partial charge >= 0.3 is 0 Å². The van der Waals surface area contributed by atoms with Crippen molar-refractivity contribution in [2.24, 2.45) is 5.41 Å². The first-order chi connectivity index (χ1) is 6.21. The molecule has 0 radical (unpaired) electrons. The fourth-order valence-electron chi connectivity index (χ4n) is 2.27. The maximum Gasteiger partial charge on any atom is 0.0586 e. The third-order valence-electron chi connectivity index (χ3n) is 3.78. The van der Waals surface area contributed by atoms with Crippen molar-refractivity contribution in [1.82, 2.24) is 4.90 Å². The van der Waals surface area contributed by atoms with Gasteiger partial charge in [0.2, 0.25) is 0 Å². The molecule has 0 aromatic rings. The van der Waals surface area contributed by atoms with Crippen LogP contribution < -0.4 is 0 Å². The monoisotopic (exact) mass is 185 g/mol. The van der Waals surface area contributed by atoms with Crippen molar-refractivity contribution in [3.8, 4) is 0 Å². The molecule has 2 nitrogen and oxygen atoms in total. The molecule has 1 atom stereocenters. The lowest BCUT2D eigenvalue weighted by Crippen LogP contribution is -2.60. The minimum Gasteiger partial charge on any atom is -0.395 e. The van der Waals surface area contributed by atoms with E-state index in [1.54, 1.807) is 0 Å². The quantitative estimate of drug-likeness (QED) is 0.707. The number of aliphatic hydroxyl groups is 1. The molecule has 1 rings (SSSR count). The summed E-state index contributed by atoms with van der Waals surface area (Å²) in [6, 6.07) is 0.409. The van der Waals surface area contributed by atoms with Gasteiger partial charge in [0.05, 0.1) is 6.61 Å². The number of aliphatic hydroxyl groups excluding tert-OH is 1. The van der Waals surface area contributed by atoms with Crippen LogP contribution in [0.4, 0.5) is 0 Å². The Labute approximate surface area is 81.9 Å². The zero-order valence-electron chi connectivity index (χ0n) is 9.21. The van der Waals surface area contributed by atoms with Crippen LogP contribution in [0.15, 0.2) is 0 Å². The first kappa shape index (κ1) is 11.0. The van der Waals surface area contributed by atoms with E-state index in [2.05, 4.69) is 25.7 Å². The van der Waals surface area contributed by atoms with Gasteiger partial charge in [-0.2, -0.15) is 0 Å². The van der Waals surface area contributed by atoms with Crippen molar-refractivity contribution in [3.63, 3.8) is 0 Å². The number of rotatable bonds is 5. The topological polar surface area (TPSA) is 23.5 Å². The minimum atomic E-state index is 0.319. The van der Waals surface area contributed by atoms with Crippen LogP contribution in [0, 0.1) is 5.41 Å². The van der Waals surface area contributed by atoms with E-state index >= 15 is 0 Å². The van der Waals surface area contributed by atoms with Crippen molar-refractivity contribution < 1.29 is 5.11 Å². The highest BCUT2D eigenvalue weighted by atomic mass is 16.3. The maximum absolute atomic E-state index is 9.14. The summed E-state index contributed by atoms with van der Waals surface area (Å²) < 4.78 is 0. The Kier molecular flexibility index (Phi) is 3.74. The van der Waals surface area contributed by atoms with Gasteiger partial charge in [0.25, 0.3) is 0 Å². The van der Waals surface area contributed by atoms with E-state index < -0.39 is 0 Å². The standard InChI is InChI=1S/C11H23NO/c1-4-10(7-13)12-8-11(5-2,6-3)9-12/h10,13H,4-9H2,1-3H3/t10-/m0/s1. The minimum absolute atomic E-state index is 0.319. The highest BCUT2D eigenvalue weighted by Crippen LogP contribution is 2.38. The van der Waals surface area contributed by atoms with Crippen LogP contribution in [0.3, 0.4) is 0 Å². The molecule has 0 unspecified atom stereocenters. The number of likely N-dealkylation sites (tertiary alicyclic amines) is 1. The van der Waals surface area contributed by atoms with Crippen LogP contribution in [0.5, 0.6) is 0 Å². The van der Waals surface area contributed by atoms with Crippen molar-refractivity contribution in [1.29, 1.82) is 0 Å². The number of hydrogen-bond donors (Lipinski definition) is 1. The first-order valence-electron chi connectivity index (χ1n) is 5.56. The van der Waals surface area contributed by atoms with E-state index in [1.807, 2.05) is 0 Å². The lowest BCUT2D eigenvalue weighted by Gasteiger charge is -2.52. The maximum atomic E-state index is 9.14. The van der Waals surface area contributed by atoms with Crippen LogP contribution in [0.2, 0.25) is 0 Å². The second-order valence-electron chi connectivity index (χ2n) is 4.36. The summed E-state index contributed by atoms with van der Waals surface area (Å²) >= 11 is 0. The van der Waals surface area contributed by atoms with Gasteiger partial charge in [-0.1, -0.05) is 20.8 Å². The van der Waals surface area contributed by atoms with Crippen molar-refractivity contribution >= 4 is 0 Å². The smallest absolute Gasteiger partial charge is 0.0586 e. The van der Waals surface area contributed by atoms with Crippen LogP contribution in [0.1, 0.15) is 40.0 Å². The highest BCUT2D eigenvalue weighted by molar-refractivity contribution is 4.95. The Morgan fingerprint density at radius 1 is 1.23 bits per heavy atom. The summed E-state index contributed by atoms with van der Waals surface area (Å²) in [5, 5.41) is 9.14. The normalized spacial score (nSPS) is 24.0. The van der Waals surface area contributed by atoms with E-state index in [0.29, 0.717) is 18.1 Å². The fraction of sp³-hybridized carbons (Fsp3) is 1.00. The van der Waals surface area contributed by atoms with Gasteiger partial charge in [0.15, 0.2) is 0 Å². The third kappa shape index (κ3) is 2.05. The van der Waals surface area contributed by atoms with Crippen LogP contribution in [0.25, 0.3) is 0 Å². The van der Waals surface area contributed by atoms with Gasteiger partial charge in [-0.15, -0.1) is 0 Å². The molecular weight excluding hydrogens is 162 g/mol. The first-order valence-corrected chi connectivity index (χ1v) is 5.56. The van der Waals surface area contributed by atoms with Crippen LogP contribution in [-0.2, 0) is 0 Å². The molecule has 2 heteroatoms. The SMILES string of the molecule is CC[C@@H](CO)N1CC(CC)(CC)C1. The largest absolute Gasteiger partial charge is 0.395 e. The summed E-state index contributed by atoms with van der Waals surface area (Å²) in [6.07, 6.45) is 3.63. The average molecular weight is 185 g/mol. The van der Waals surface area contributed by atoms with Crippen molar-refractivity contribution in [3.05, 3.63) is 0 Å². The summed E-state index contributed by atoms with van der Waals surface area (Å²) in [4.78, 5) is 2.42. The average Bonchev–Trinajstić information content (AvgIpc) is 2.11. The van der Waals surface area contributed by atoms with E-state index in [1.165, 1.54) is 25.9 Å². The zero-order chi connectivity index (χ0) is 9.90. The second-order valence-corrected chi connectivity index (χ2v) is 4.36. The van der Waals surface area contributed by atoms with Crippen molar-refractivity contribution in [2.75, 3.05) is 19.7 Å². The molecule has 1 fully saturated rings. The lowest BCUT2D eigenvalue weighted by molar-refractivity contribution is -0.0515. The van der Waals surface area contributed by atoms with E-state index in [9.17, 15) is 0 Å². The van der Waals surface area contributed by atoms with Gasteiger partial charge < -0.3 is 5.11 Å². The summed E-state index contributed by atoms with van der Waals surface area (Å²) in [7, 11) is 0. The summed E-state index contributed by atoms with van der Waals surface area (Å²) in [5.41, 5.74) is 0.572. The molecule has 1 heterocycles. The third-order valence-corrected chi connectivity index (χ3v) is 3.78. The summed E-state index contributed by atoms with van der Waals surface area (Å²) in [5.74, 6) is 0. The molecule has 0 aromatic carbocycles. The Morgan fingerprint density at radius 3 is 2.08 bits per heavy atom. The predicted molar refractivity (Wildman–Crippen MR) is 55.8 cm³/mol. The van der Waals surface area contributed by atoms with Crippen molar-refractivity contribution in [2.45, 2.75) is 46.1 Å². The van der Waals surface area contributed by atoms with Crippen LogP contribution >= 0.6 is 0 Å².